The van der Waals surface area contributed by atoms with Crippen LogP contribution >= 0.6 is 0 Å². The highest BCUT2D eigenvalue weighted by atomic mass is 19.4. The first-order valence-electron chi connectivity index (χ1n) is 11.6. The van der Waals surface area contributed by atoms with Gasteiger partial charge in [0.15, 0.2) is 11.3 Å². The molecule has 0 atom stereocenters. The van der Waals surface area contributed by atoms with Crippen LogP contribution in [0.2, 0.25) is 0 Å². The zero-order chi connectivity index (χ0) is 27.2. The number of nitrogens with zero attached hydrogens (tertiary/aromatic N) is 6. The molecule has 38 heavy (non-hydrogen) atoms. The number of hydrogen-bond donors (Lipinski definition) is 1. The molecule has 2 amide bonds. The summed E-state index contributed by atoms with van der Waals surface area (Å²) in [6.45, 7) is 2.15. The maximum atomic E-state index is 14.1. The number of aryl methyl sites for hydroxylation is 1. The topological polar surface area (TPSA) is 97.4 Å². The second-order valence-corrected chi connectivity index (χ2v) is 8.72. The lowest BCUT2D eigenvalue weighted by atomic mass is 10.0. The van der Waals surface area contributed by atoms with Crippen molar-refractivity contribution in [1.29, 1.82) is 0 Å². The van der Waals surface area contributed by atoms with Crippen LogP contribution in [0.1, 0.15) is 33.5 Å². The van der Waals surface area contributed by atoms with Crippen LogP contribution in [0.15, 0.2) is 60.9 Å². The maximum absolute atomic E-state index is 14.1. The number of halogens is 3. The number of benzene rings is 2. The zero-order valence-electron chi connectivity index (χ0n) is 20.6. The van der Waals surface area contributed by atoms with E-state index in [-0.39, 0.29) is 28.3 Å². The highest BCUT2D eigenvalue weighted by Gasteiger charge is 2.36. The smallest absolute Gasteiger partial charge is 0.343 e. The van der Waals surface area contributed by atoms with Gasteiger partial charge >= 0.3 is 6.18 Å². The van der Waals surface area contributed by atoms with E-state index in [9.17, 15) is 22.8 Å². The van der Waals surface area contributed by atoms with E-state index in [2.05, 4.69) is 20.5 Å². The molecular formula is C26H22F3N7O2. The fraction of sp³-hybridized carbons (Fsp3) is 0.192. The highest BCUT2D eigenvalue weighted by molar-refractivity contribution is 6.11. The van der Waals surface area contributed by atoms with Gasteiger partial charge in [-0.3, -0.25) is 14.3 Å². The molecule has 1 N–H and O–H groups in total. The van der Waals surface area contributed by atoms with Gasteiger partial charge in [0, 0.05) is 26.2 Å². The summed E-state index contributed by atoms with van der Waals surface area (Å²) in [5, 5.41) is 12.1. The molecule has 12 heteroatoms. The molecule has 0 radical (unpaired) electrons. The molecule has 0 fully saturated rings. The van der Waals surface area contributed by atoms with E-state index in [1.54, 1.807) is 45.3 Å². The zero-order valence-corrected chi connectivity index (χ0v) is 20.6. The van der Waals surface area contributed by atoms with Gasteiger partial charge in [-0.2, -0.15) is 23.4 Å². The number of rotatable bonds is 5. The van der Waals surface area contributed by atoms with Gasteiger partial charge in [0.05, 0.1) is 23.8 Å². The van der Waals surface area contributed by atoms with Crippen LogP contribution in [0.25, 0.3) is 27.7 Å². The van der Waals surface area contributed by atoms with Gasteiger partial charge in [-0.05, 0) is 23.8 Å². The molecule has 5 aromatic rings. The molecule has 0 saturated heterocycles. The number of amides is 2. The summed E-state index contributed by atoms with van der Waals surface area (Å²) in [6.07, 6.45) is -2.43. The third kappa shape index (κ3) is 4.23. The van der Waals surface area contributed by atoms with Crippen molar-refractivity contribution in [3.05, 3.63) is 77.9 Å². The second-order valence-electron chi connectivity index (χ2n) is 8.72. The van der Waals surface area contributed by atoms with Gasteiger partial charge < -0.3 is 10.2 Å². The minimum absolute atomic E-state index is 0.0402. The first kappa shape index (κ1) is 24.9. The summed E-state index contributed by atoms with van der Waals surface area (Å²) in [4.78, 5) is 31.8. The van der Waals surface area contributed by atoms with Crippen LogP contribution < -0.4 is 5.32 Å². The van der Waals surface area contributed by atoms with Crippen molar-refractivity contribution in [3.8, 4) is 11.3 Å². The lowest BCUT2D eigenvalue weighted by Crippen LogP contribution is -2.26. The molecule has 3 heterocycles. The number of nitrogens with one attached hydrogen (secondary N) is 1. The number of anilines is 1. The van der Waals surface area contributed by atoms with Gasteiger partial charge in [0.2, 0.25) is 0 Å². The summed E-state index contributed by atoms with van der Waals surface area (Å²) < 4.78 is 44.3. The molecule has 0 spiro atoms. The fourth-order valence-electron chi connectivity index (χ4n) is 4.26. The van der Waals surface area contributed by atoms with E-state index in [0.29, 0.717) is 22.0 Å². The number of fused-ring (bicyclic) bond motifs is 2. The van der Waals surface area contributed by atoms with E-state index in [1.807, 2.05) is 18.2 Å². The van der Waals surface area contributed by atoms with Crippen molar-refractivity contribution in [1.82, 2.24) is 29.3 Å². The SMILES string of the molecule is CCn1ncc(NC(=O)c2cnn3c(C(F)(F)F)cc(-c4cccc5ccccc45)nc23)c1C(=O)N(C)C. The van der Waals surface area contributed by atoms with Crippen molar-refractivity contribution < 1.29 is 22.8 Å². The largest absolute Gasteiger partial charge is 0.433 e. The monoisotopic (exact) mass is 521 g/mol. The Morgan fingerprint density at radius 3 is 2.47 bits per heavy atom. The minimum atomic E-state index is -4.77. The molecule has 0 unspecified atom stereocenters. The Morgan fingerprint density at radius 1 is 1.03 bits per heavy atom. The summed E-state index contributed by atoms with van der Waals surface area (Å²) >= 11 is 0. The lowest BCUT2D eigenvalue weighted by Gasteiger charge is -2.14. The maximum Gasteiger partial charge on any atom is 0.433 e. The van der Waals surface area contributed by atoms with E-state index >= 15 is 0 Å². The average molecular weight is 522 g/mol. The Kier molecular flexibility index (Phi) is 6.09. The molecule has 0 aliphatic rings. The second kappa shape index (κ2) is 9.29. The molecule has 5 rings (SSSR count). The molecule has 9 nitrogen and oxygen atoms in total. The van der Waals surface area contributed by atoms with E-state index in [0.717, 1.165) is 17.6 Å². The summed E-state index contributed by atoms with van der Waals surface area (Å²) in [6, 6.07) is 13.4. The summed E-state index contributed by atoms with van der Waals surface area (Å²) in [5.41, 5.74) is -0.760. The fourth-order valence-corrected chi connectivity index (χ4v) is 4.26. The molecule has 0 saturated carbocycles. The van der Waals surface area contributed by atoms with Crippen LogP contribution in [0.5, 0.6) is 0 Å². The number of carbonyl (C=O) groups is 2. The molecule has 0 bridgehead atoms. The predicted octanol–water partition coefficient (Wildman–Crippen LogP) is 4.74. The van der Waals surface area contributed by atoms with Crippen LogP contribution in [0.4, 0.5) is 18.9 Å². The summed E-state index contributed by atoms with van der Waals surface area (Å²) in [7, 11) is 3.12. The van der Waals surface area contributed by atoms with Crippen LogP contribution in [0, 0.1) is 0 Å². The Bertz CT molecular complexity index is 1700. The quantitative estimate of drug-likeness (QED) is 0.360. The van der Waals surface area contributed by atoms with Crippen LogP contribution in [-0.2, 0) is 12.7 Å². The van der Waals surface area contributed by atoms with E-state index < -0.39 is 23.7 Å². The molecule has 3 aromatic heterocycles. The van der Waals surface area contributed by atoms with Gasteiger partial charge in [-0.1, -0.05) is 42.5 Å². The first-order valence-corrected chi connectivity index (χ1v) is 11.6. The molecule has 194 valence electrons. The Labute approximate surface area is 214 Å². The van der Waals surface area contributed by atoms with Gasteiger partial charge in [0.25, 0.3) is 11.8 Å². The van der Waals surface area contributed by atoms with E-state index in [4.69, 9.17) is 0 Å². The minimum Gasteiger partial charge on any atom is -0.343 e. The van der Waals surface area contributed by atoms with Gasteiger partial charge in [-0.25, -0.2) is 9.50 Å². The Morgan fingerprint density at radius 2 is 1.76 bits per heavy atom. The first-order chi connectivity index (χ1) is 18.1. The third-order valence-electron chi connectivity index (χ3n) is 6.07. The number of aromatic nitrogens is 5. The average Bonchev–Trinajstić information content (AvgIpc) is 3.50. The van der Waals surface area contributed by atoms with Crippen molar-refractivity contribution in [2.75, 3.05) is 19.4 Å². The highest BCUT2D eigenvalue weighted by Crippen LogP contribution is 2.35. The molecule has 0 aliphatic carbocycles. The third-order valence-corrected chi connectivity index (χ3v) is 6.07. The van der Waals surface area contributed by atoms with Crippen molar-refractivity contribution in [2.45, 2.75) is 19.6 Å². The van der Waals surface area contributed by atoms with E-state index in [1.165, 1.54) is 15.8 Å². The van der Waals surface area contributed by atoms with Crippen LogP contribution in [-0.4, -0.2) is 55.2 Å². The Hall–Kier alpha value is -4.74. The van der Waals surface area contributed by atoms with Gasteiger partial charge in [-0.15, -0.1) is 0 Å². The molecular weight excluding hydrogens is 499 g/mol. The van der Waals surface area contributed by atoms with Crippen molar-refractivity contribution >= 4 is 33.9 Å². The normalized spacial score (nSPS) is 11.7. The number of alkyl halides is 3. The lowest BCUT2D eigenvalue weighted by molar-refractivity contribution is -0.142. The summed E-state index contributed by atoms with van der Waals surface area (Å²) in [5.74, 6) is -1.17. The Balaban J connectivity index is 1.65. The number of hydrogen-bond acceptors (Lipinski definition) is 5. The standard InChI is InChI=1S/C26H22F3N7O2/c1-4-35-22(25(38)34(2)3)20(14-30-35)33-24(37)18-13-31-36-21(26(27,28)29)12-19(32-23(18)36)17-11-7-9-15-8-5-6-10-16(15)17/h5-14H,4H2,1-3H3,(H,33,37). The molecule has 2 aromatic carbocycles. The van der Waals surface area contributed by atoms with Crippen molar-refractivity contribution in [2.24, 2.45) is 0 Å². The van der Waals surface area contributed by atoms with Crippen LogP contribution in [0.3, 0.4) is 0 Å². The molecule has 0 aliphatic heterocycles. The number of carbonyl (C=O) groups excluding carboxylic acids is 2. The predicted molar refractivity (Wildman–Crippen MR) is 135 cm³/mol. The van der Waals surface area contributed by atoms with Gasteiger partial charge in [0.1, 0.15) is 11.3 Å². The van der Waals surface area contributed by atoms with Crippen molar-refractivity contribution in [3.63, 3.8) is 0 Å².